The summed E-state index contributed by atoms with van der Waals surface area (Å²) in [5.74, 6) is 4.11. The lowest BCUT2D eigenvalue weighted by atomic mass is 9.54. The van der Waals surface area contributed by atoms with E-state index in [0.29, 0.717) is 11.9 Å². The van der Waals surface area contributed by atoms with Crippen molar-refractivity contribution < 1.29 is 4.79 Å². The molecule has 4 saturated carbocycles. The number of carbonyl (C=O) groups excluding carboxylic acids is 1. The van der Waals surface area contributed by atoms with E-state index in [0.717, 1.165) is 36.6 Å². The Hall–Kier alpha value is -0.570. The normalized spacial score (nSPS) is 50.3. The summed E-state index contributed by atoms with van der Waals surface area (Å²) in [5.41, 5.74) is 0. The van der Waals surface area contributed by atoms with E-state index in [9.17, 15) is 4.79 Å². The van der Waals surface area contributed by atoms with Crippen LogP contribution in [0.3, 0.4) is 0 Å². The third-order valence-electron chi connectivity index (χ3n) is 6.05. The van der Waals surface area contributed by atoms with Crippen molar-refractivity contribution in [3.8, 4) is 0 Å². The van der Waals surface area contributed by atoms with Crippen molar-refractivity contribution in [1.29, 1.82) is 0 Å². The average Bonchev–Trinajstić information content (AvgIpc) is 2.64. The van der Waals surface area contributed by atoms with Crippen LogP contribution in [0.25, 0.3) is 0 Å². The number of likely N-dealkylation sites (N-methyl/N-ethyl adjacent to an activating group) is 1. The Labute approximate surface area is 109 Å². The molecule has 1 amide bonds. The maximum absolute atomic E-state index is 12.0. The number of hydrogen-bond donors (Lipinski definition) is 1. The number of rotatable bonds is 2. The molecular weight excluding hydrogens is 224 g/mol. The van der Waals surface area contributed by atoms with Crippen LogP contribution in [0.1, 0.15) is 38.5 Å². The lowest BCUT2D eigenvalue weighted by Gasteiger charge is -2.55. The number of nitrogens with zero attached hydrogens (tertiary/aromatic N) is 1. The molecule has 0 aromatic rings. The topological polar surface area (TPSA) is 32.3 Å². The van der Waals surface area contributed by atoms with Crippen LogP contribution in [-0.4, -0.2) is 36.5 Å². The molecule has 0 spiro atoms. The molecule has 1 N–H and O–H groups in total. The molecule has 4 aliphatic carbocycles. The van der Waals surface area contributed by atoms with Crippen LogP contribution in [0.5, 0.6) is 0 Å². The molecule has 1 heterocycles. The second-order valence-corrected chi connectivity index (χ2v) is 7.22. The summed E-state index contributed by atoms with van der Waals surface area (Å²) in [5, 5.41) is 3.75. The van der Waals surface area contributed by atoms with Gasteiger partial charge in [0.25, 0.3) is 0 Å². The van der Waals surface area contributed by atoms with Gasteiger partial charge in [0.1, 0.15) is 0 Å². The van der Waals surface area contributed by atoms with Gasteiger partial charge >= 0.3 is 0 Å². The van der Waals surface area contributed by atoms with E-state index < -0.39 is 0 Å². The summed E-state index contributed by atoms with van der Waals surface area (Å²) < 4.78 is 0. The molecule has 5 rings (SSSR count). The minimum Gasteiger partial charge on any atom is -0.344 e. The van der Waals surface area contributed by atoms with Crippen LogP contribution in [-0.2, 0) is 4.79 Å². The first-order valence-electron chi connectivity index (χ1n) is 7.71. The molecule has 1 aliphatic heterocycles. The summed E-state index contributed by atoms with van der Waals surface area (Å²) in [6.07, 6.45) is 8.24. The molecule has 1 atom stereocenters. The van der Waals surface area contributed by atoms with E-state index in [-0.39, 0.29) is 6.04 Å². The lowest BCUT2D eigenvalue weighted by Crippen LogP contribution is -2.57. The van der Waals surface area contributed by atoms with Crippen molar-refractivity contribution >= 4 is 5.91 Å². The van der Waals surface area contributed by atoms with Gasteiger partial charge in [0, 0.05) is 19.6 Å². The van der Waals surface area contributed by atoms with Crippen LogP contribution in [0, 0.1) is 23.7 Å². The standard InChI is InChI=1S/C15H24N2O/c1-17-3-2-13(15(17)18)16-14-11-5-9-4-10(7-11)8-12(14)6-9/h9-14,16H,2-8H2,1H3. The van der Waals surface area contributed by atoms with Crippen LogP contribution < -0.4 is 5.32 Å². The largest absolute Gasteiger partial charge is 0.344 e. The Balaban J connectivity index is 1.47. The van der Waals surface area contributed by atoms with Gasteiger partial charge in [0.2, 0.25) is 5.91 Å². The smallest absolute Gasteiger partial charge is 0.239 e. The van der Waals surface area contributed by atoms with Crippen molar-refractivity contribution in [3.05, 3.63) is 0 Å². The Morgan fingerprint density at radius 1 is 1.06 bits per heavy atom. The van der Waals surface area contributed by atoms with Crippen LogP contribution in [0.15, 0.2) is 0 Å². The zero-order valence-corrected chi connectivity index (χ0v) is 11.3. The minimum absolute atomic E-state index is 0.123. The first-order valence-corrected chi connectivity index (χ1v) is 7.71. The number of amides is 1. The molecule has 0 aromatic heterocycles. The van der Waals surface area contributed by atoms with E-state index in [1.165, 1.54) is 32.1 Å². The molecule has 0 radical (unpaired) electrons. The highest BCUT2D eigenvalue weighted by Gasteiger charge is 2.49. The molecule has 5 fully saturated rings. The minimum atomic E-state index is 0.123. The summed E-state index contributed by atoms with van der Waals surface area (Å²) in [4.78, 5) is 13.9. The second kappa shape index (κ2) is 3.96. The molecule has 3 nitrogen and oxygen atoms in total. The number of nitrogens with one attached hydrogen (secondary N) is 1. The fourth-order valence-electron chi connectivity index (χ4n) is 5.41. The Kier molecular flexibility index (Phi) is 2.48. The summed E-state index contributed by atoms with van der Waals surface area (Å²) >= 11 is 0. The van der Waals surface area contributed by atoms with Gasteiger partial charge in [0.15, 0.2) is 0 Å². The van der Waals surface area contributed by atoms with Gasteiger partial charge in [0.05, 0.1) is 6.04 Å². The summed E-state index contributed by atoms with van der Waals surface area (Å²) in [7, 11) is 1.93. The van der Waals surface area contributed by atoms with Crippen molar-refractivity contribution in [2.45, 2.75) is 50.6 Å². The molecule has 18 heavy (non-hydrogen) atoms. The van der Waals surface area contributed by atoms with Gasteiger partial charge in [-0.05, 0) is 62.2 Å². The number of likely N-dealkylation sites (tertiary alicyclic amines) is 1. The molecule has 100 valence electrons. The van der Waals surface area contributed by atoms with Gasteiger partial charge in [-0.3, -0.25) is 4.79 Å². The predicted molar refractivity (Wildman–Crippen MR) is 70.0 cm³/mol. The highest BCUT2D eigenvalue weighted by Crippen LogP contribution is 2.53. The SMILES string of the molecule is CN1CCC(NC2C3CC4CC(C3)CC2C4)C1=O. The van der Waals surface area contributed by atoms with Gasteiger partial charge in [-0.2, -0.15) is 0 Å². The van der Waals surface area contributed by atoms with Gasteiger partial charge in [-0.25, -0.2) is 0 Å². The average molecular weight is 248 g/mol. The van der Waals surface area contributed by atoms with E-state index in [1.807, 2.05) is 11.9 Å². The molecule has 1 saturated heterocycles. The Morgan fingerprint density at radius 3 is 2.17 bits per heavy atom. The number of carbonyl (C=O) groups is 1. The van der Waals surface area contributed by atoms with Crippen molar-refractivity contribution in [1.82, 2.24) is 10.2 Å². The van der Waals surface area contributed by atoms with Crippen LogP contribution in [0.2, 0.25) is 0 Å². The quantitative estimate of drug-likeness (QED) is 0.805. The van der Waals surface area contributed by atoms with Crippen LogP contribution in [0.4, 0.5) is 0 Å². The fourth-order valence-corrected chi connectivity index (χ4v) is 5.41. The number of hydrogen-bond acceptors (Lipinski definition) is 2. The summed E-state index contributed by atoms with van der Waals surface area (Å²) in [6.45, 7) is 0.934. The maximum atomic E-state index is 12.0. The van der Waals surface area contributed by atoms with E-state index in [4.69, 9.17) is 0 Å². The van der Waals surface area contributed by atoms with Crippen molar-refractivity contribution in [2.75, 3.05) is 13.6 Å². The molecule has 3 heteroatoms. The van der Waals surface area contributed by atoms with Crippen molar-refractivity contribution in [3.63, 3.8) is 0 Å². The Bertz CT molecular complexity index is 340. The molecule has 5 aliphatic rings. The fraction of sp³-hybridized carbons (Fsp3) is 0.933. The lowest BCUT2D eigenvalue weighted by molar-refractivity contribution is -0.129. The highest BCUT2D eigenvalue weighted by molar-refractivity contribution is 5.83. The molecule has 1 unspecified atom stereocenters. The van der Waals surface area contributed by atoms with Crippen LogP contribution >= 0.6 is 0 Å². The second-order valence-electron chi connectivity index (χ2n) is 7.22. The van der Waals surface area contributed by atoms with Gasteiger partial charge in [-0.15, -0.1) is 0 Å². The van der Waals surface area contributed by atoms with Crippen molar-refractivity contribution in [2.24, 2.45) is 23.7 Å². The first kappa shape index (κ1) is 11.3. The predicted octanol–water partition coefficient (Wildman–Crippen LogP) is 1.63. The third-order valence-corrected chi connectivity index (χ3v) is 6.05. The monoisotopic (exact) mass is 248 g/mol. The van der Waals surface area contributed by atoms with E-state index in [2.05, 4.69) is 5.32 Å². The molecule has 0 aromatic carbocycles. The maximum Gasteiger partial charge on any atom is 0.239 e. The molecular formula is C15H24N2O. The zero-order chi connectivity index (χ0) is 12.3. The van der Waals surface area contributed by atoms with E-state index >= 15 is 0 Å². The van der Waals surface area contributed by atoms with Gasteiger partial charge in [-0.1, -0.05) is 0 Å². The third kappa shape index (κ3) is 1.63. The van der Waals surface area contributed by atoms with E-state index in [1.54, 1.807) is 0 Å². The van der Waals surface area contributed by atoms with Gasteiger partial charge < -0.3 is 10.2 Å². The summed E-state index contributed by atoms with van der Waals surface area (Å²) in [6, 6.07) is 0.774. The highest BCUT2D eigenvalue weighted by atomic mass is 16.2. The first-order chi connectivity index (χ1) is 8.70. The Morgan fingerprint density at radius 2 is 1.67 bits per heavy atom. The zero-order valence-electron chi connectivity index (χ0n) is 11.3. The molecule has 4 bridgehead atoms.